The Morgan fingerprint density at radius 2 is 2.05 bits per heavy atom. The van der Waals surface area contributed by atoms with Crippen LogP contribution >= 0.6 is 0 Å². The summed E-state index contributed by atoms with van der Waals surface area (Å²) in [6.45, 7) is 12.5. The molecule has 1 amide bonds. The van der Waals surface area contributed by atoms with Crippen molar-refractivity contribution in [3.05, 3.63) is 24.2 Å². The molecule has 0 aliphatic carbocycles. The number of aromatic nitrogens is 3. The highest BCUT2D eigenvalue weighted by Gasteiger charge is 2.56. The maximum absolute atomic E-state index is 12.1. The van der Waals surface area contributed by atoms with Crippen LogP contribution in [0.25, 0.3) is 5.52 Å². The number of ether oxygens (including phenoxy) is 5. The molecule has 0 unspecified atom stereocenters. The van der Waals surface area contributed by atoms with Crippen LogP contribution in [0.2, 0.25) is 0 Å². The van der Waals surface area contributed by atoms with Crippen LogP contribution in [0.3, 0.4) is 0 Å². The molecule has 2 aromatic rings. The quantitative estimate of drug-likeness (QED) is 0.584. The number of alkyl carbamates (subject to hydrolysis) is 1. The average Bonchev–Trinajstić information content (AvgIpc) is 3.46. The van der Waals surface area contributed by atoms with Crippen molar-refractivity contribution in [2.24, 2.45) is 0 Å². The van der Waals surface area contributed by atoms with Crippen LogP contribution in [0.5, 0.6) is 0 Å². The highest BCUT2D eigenvalue weighted by molar-refractivity contribution is 5.67. The van der Waals surface area contributed by atoms with E-state index < -0.39 is 17.5 Å². The number of hydrogen-bond donors (Lipinski definition) is 2. The van der Waals surface area contributed by atoms with E-state index in [1.807, 2.05) is 46.8 Å². The number of nitrogens with two attached hydrogens (primary N) is 1. The Bertz CT molecular complexity index is 1120. The lowest BCUT2D eigenvalue weighted by Crippen LogP contribution is -2.51. The number of nitrogens with one attached hydrogen (secondary N) is 1. The predicted octanol–water partition coefficient (Wildman–Crippen LogP) is 1.89. The molecule has 0 spiro atoms. The average molecular weight is 519 g/mol. The Labute approximate surface area is 216 Å². The van der Waals surface area contributed by atoms with Gasteiger partial charge in [0.25, 0.3) is 0 Å². The largest absolute Gasteiger partial charge is 0.444 e. The van der Waals surface area contributed by atoms with Gasteiger partial charge in [0.1, 0.15) is 41.9 Å². The lowest BCUT2D eigenvalue weighted by atomic mass is 10.0. The SMILES string of the molecule is CC(C)(C)OC(=O)NCC[C@@H]1COCCN1C[C@H]1O[C@@H](c2ccc3c(N)ncnn23)[C@@H]2OC(C)(C)O[C@@H]21. The molecule has 204 valence electrons. The summed E-state index contributed by atoms with van der Waals surface area (Å²) in [6, 6.07) is 3.98. The Morgan fingerprint density at radius 3 is 2.84 bits per heavy atom. The van der Waals surface area contributed by atoms with Crippen LogP contribution in [0.4, 0.5) is 10.6 Å². The zero-order valence-electron chi connectivity index (χ0n) is 22.2. The van der Waals surface area contributed by atoms with Crippen LogP contribution in [-0.4, -0.2) is 94.2 Å². The molecule has 3 N–H and O–H groups in total. The number of rotatable bonds is 6. The first kappa shape index (κ1) is 26.1. The summed E-state index contributed by atoms with van der Waals surface area (Å²) in [5.74, 6) is -0.314. The van der Waals surface area contributed by atoms with Gasteiger partial charge in [-0.3, -0.25) is 4.90 Å². The fourth-order valence-electron chi connectivity index (χ4n) is 5.34. The van der Waals surface area contributed by atoms with Crippen LogP contribution in [0, 0.1) is 0 Å². The van der Waals surface area contributed by atoms with Crippen molar-refractivity contribution in [3.8, 4) is 0 Å². The van der Waals surface area contributed by atoms with Gasteiger partial charge < -0.3 is 34.7 Å². The molecule has 3 aliphatic rings. The molecular formula is C25H38N6O6. The summed E-state index contributed by atoms with van der Waals surface area (Å²) in [5, 5.41) is 7.25. The molecule has 0 bridgehead atoms. The summed E-state index contributed by atoms with van der Waals surface area (Å²) >= 11 is 0. The van der Waals surface area contributed by atoms with E-state index in [4.69, 9.17) is 29.4 Å². The zero-order valence-corrected chi connectivity index (χ0v) is 22.2. The maximum atomic E-state index is 12.1. The van der Waals surface area contributed by atoms with Gasteiger partial charge in [0, 0.05) is 25.7 Å². The molecule has 3 aliphatic heterocycles. The number of carbonyl (C=O) groups excluding carboxylic acids is 1. The normalized spacial score (nSPS) is 29.9. The van der Waals surface area contributed by atoms with Crippen molar-refractivity contribution in [1.82, 2.24) is 24.8 Å². The maximum Gasteiger partial charge on any atom is 0.407 e. The highest BCUT2D eigenvalue weighted by atomic mass is 16.8. The molecule has 37 heavy (non-hydrogen) atoms. The van der Waals surface area contributed by atoms with Crippen LogP contribution in [-0.2, 0) is 23.7 Å². The first-order chi connectivity index (χ1) is 17.5. The van der Waals surface area contributed by atoms with Crippen molar-refractivity contribution < 1.29 is 28.5 Å². The summed E-state index contributed by atoms with van der Waals surface area (Å²) < 4.78 is 32.2. The van der Waals surface area contributed by atoms with E-state index in [0.717, 1.165) is 24.2 Å². The molecule has 0 saturated carbocycles. The van der Waals surface area contributed by atoms with Gasteiger partial charge in [-0.15, -0.1) is 0 Å². The van der Waals surface area contributed by atoms with Gasteiger partial charge in [0.2, 0.25) is 0 Å². The number of nitrogens with zero attached hydrogens (tertiary/aromatic N) is 4. The van der Waals surface area contributed by atoms with E-state index in [2.05, 4.69) is 20.3 Å². The Morgan fingerprint density at radius 1 is 1.27 bits per heavy atom. The minimum absolute atomic E-state index is 0.127. The molecule has 0 radical (unpaired) electrons. The number of hydrogen-bond acceptors (Lipinski definition) is 10. The summed E-state index contributed by atoms with van der Waals surface area (Å²) in [4.78, 5) is 18.5. The molecule has 3 saturated heterocycles. The van der Waals surface area contributed by atoms with Crippen molar-refractivity contribution in [1.29, 1.82) is 0 Å². The van der Waals surface area contributed by atoms with E-state index >= 15 is 0 Å². The van der Waals surface area contributed by atoms with Gasteiger partial charge in [0.05, 0.1) is 18.9 Å². The summed E-state index contributed by atoms with van der Waals surface area (Å²) in [5.41, 5.74) is 7.10. The number of carbonyl (C=O) groups is 1. The number of anilines is 1. The van der Waals surface area contributed by atoms with E-state index in [-0.39, 0.29) is 30.5 Å². The number of morpholine rings is 1. The number of fused-ring (bicyclic) bond motifs is 2. The van der Waals surface area contributed by atoms with Crippen LogP contribution in [0.15, 0.2) is 18.5 Å². The third-order valence-corrected chi connectivity index (χ3v) is 6.86. The second kappa shape index (κ2) is 9.99. The number of nitrogen functional groups attached to an aromatic ring is 1. The van der Waals surface area contributed by atoms with Crippen molar-refractivity contribution in [3.63, 3.8) is 0 Å². The smallest absolute Gasteiger partial charge is 0.407 e. The second-order valence-corrected chi connectivity index (χ2v) is 11.3. The second-order valence-electron chi connectivity index (χ2n) is 11.3. The first-order valence-corrected chi connectivity index (χ1v) is 12.9. The third kappa shape index (κ3) is 5.68. The van der Waals surface area contributed by atoms with Crippen molar-refractivity contribution in [2.75, 3.05) is 38.6 Å². The lowest BCUT2D eigenvalue weighted by molar-refractivity contribution is -0.191. The van der Waals surface area contributed by atoms with Gasteiger partial charge in [0.15, 0.2) is 11.6 Å². The van der Waals surface area contributed by atoms with E-state index in [0.29, 0.717) is 32.1 Å². The van der Waals surface area contributed by atoms with Gasteiger partial charge in [-0.05, 0) is 53.2 Å². The molecular weight excluding hydrogens is 480 g/mol. The lowest BCUT2D eigenvalue weighted by Gasteiger charge is -2.37. The van der Waals surface area contributed by atoms with Gasteiger partial charge in [-0.1, -0.05) is 0 Å². The summed E-state index contributed by atoms with van der Waals surface area (Å²) in [7, 11) is 0. The van der Waals surface area contributed by atoms with Gasteiger partial charge in [-0.2, -0.15) is 5.10 Å². The van der Waals surface area contributed by atoms with E-state index in [1.165, 1.54) is 6.33 Å². The van der Waals surface area contributed by atoms with Crippen LogP contribution in [0.1, 0.15) is 52.8 Å². The molecule has 0 aromatic carbocycles. The summed E-state index contributed by atoms with van der Waals surface area (Å²) in [6.07, 6.45) is 0.628. The van der Waals surface area contributed by atoms with Crippen LogP contribution < -0.4 is 11.1 Å². The fraction of sp³-hybridized carbons (Fsp3) is 0.720. The molecule has 2 aromatic heterocycles. The topological polar surface area (TPSA) is 135 Å². The first-order valence-electron chi connectivity index (χ1n) is 12.9. The molecule has 5 rings (SSSR count). The Balaban J connectivity index is 1.28. The number of amides is 1. The fourth-order valence-corrected chi connectivity index (χ4v) is 5.34. The molecule has 5 heterocycles. The Hall–Kier alpha value is -2.51. The third-order valence-electron chi connectivity index (χ3n) is 6.86. The minimum Gasteiger partial charge on any atom is -0.444 e. The molecule has 3 fully saturated rings. The van der Waals surface area contributed by atoms with Crippen molar-refractivity contribution in [2.45, 2.75) is 82.9 Å². The van der Waals surface area contributed by atoms with Crippen molar-refractivity contribution >= 4 is 17.4 Å². The van der Waals surface area contributed by atoms with Gasteiger partial charge in [-0.25, -0.2) is 14.3 Å². The predicted molar refractivity (Wildman–Crippen MR) is 134 cm³/mol. The Kier molecular flexibility index (Phi) is 7.05. The monoisotopic (exact) mass is 518 g/mol. The van der Waals surface area contributed by atoms with E-state index in [1.54, 1.807) is 4.52 Å². The molecule has 12 nitrogen and oxygen atoms in total. The highest BCUT2D eigenvalue weighted by Crippen LogP contribution is 2.45. The molecule has 5 atom stereocenters. The van der Waals surface area contributed by atoms with E-state index in [9.17, 15) is 4.79 Å². The minimum atomic E-state index is -0.724. The zero-order chi connectivity index (χ0) is 26.4. The molecule has 12 heteroatoms. The van der Waals surface area contributed by atoms with Gasteiger partial charge >= 0.3 is 6.09 Å². The standard InChI is InChI=1S/C25H38N6O6/c1-24(2,3)37-23(32)27-9-8-15-13-33-11-10-30(15)12-18-20-21(36-25(4,5)35-20)19(34-18)16-6-7-17-22(26)28-14-29-31(16)17/h6-7,14-15,18-21H,8-13H2,1-5H3,(H,27,32)(H2,26,28,29)/t15-,18-,19+,20-,21+/m1/s1.